The summed E-state index contributed by atoms with van der Waals surface area (Å²) in [4.78, 5) is 0. The van der Waals surface area contributed by atoms with Crippen molar-refractivity contribution in [3.8, 4) is 5.75 Å². The van der Waals surface area contributed by atoms with E-state index in [9.17, 15) is 0 Å². The van der Waals surface area contributed by atoms with Crippen molar-refractivity contribution in [1.29, 1.82) is 0 Å². The average molecular weight is 179 g/mol. The van der Waals surface area contributed by atoms with E-state index in [0.29, 0.717) is 5.92 Å². The minimum absolute atomic E-state index is 0.545. The standard InChI is InChI=1S/C11H17NO/c1-10(9-12)7-8-13-11-5-3-2-4-6-11/h2-6,10H,7-9,12H2,1H3. The molecule has 1 aromatic carbocycles. The van der Waals surface area contributed by atoms with Crippen molar-refractivity contribution < 1.29 is 4.74 Å². The van der Waals surface area contributed by atoms with E-state index in [0.717, 1.165) is 25.3 Å². The highest BCUT2D eigenvalue weighted by Crippen LogP contribution is 2.09. The normalized spacial score (nSPS) is 12.5. The lowest BCUT2D eigenvalue weighted by Crippen LogP contribution is -2.13. The van der Waals surface area contributed by atoms with Crippen LogP contribution in [0.2, 0.25) is 0 Å². The lowest BCUT2D eigenvalue weighted by Gasteiger charge is -2.09. The molecule has 2 heteroatoms. The molecule has 1 atom stereocenters. The number of nitrogens with two attached hydrogens (primary N) is 1. The molecule has 1 unspecified atom stereocenters. The summed E-state index contributed by atoms with van der Waals surface area (Å²) in [5, 5.41) is 0. The van der Waals surface area contributed by atoms with Gasteiger partial charge in [-0.25, -0.2) is 0 Å². The molecule has 0 bridgehead atoms. The largest absolute Gasteiger partial charge is 0.494 e. The van der Waals surface area contributed by atoms with Gasteiger partial charge in [0.1, 0.15) is 5.75 Å². The summed E-state index contributed by atoms with van der Waals surface area (Å²) in [7, 11) is 0. The van der Waals surface area contributed by atoms with Crippen LogP contribution in [0, 0.1) is 5.92 Å². The van der Waals surface area contributed by atoms with E-state index < -0.39 is 0 Å². The van der Waals surface area contributed by atoms with Crippen molar-refractivity contribution in [2.24, 2.45) is 11.7 Å². The molecule has 1 rings (SSSR count). The molecule has 1 aromatic rings. The molecule has 0 aliphatic heterocycles. The SMILES string of the molecule is CC(CN)CCOc1ccccc1. The minimum atomic E-state index is 0.545. The number of ether oxygens (including phenoxy) is 1. The Kier molecular flexibility index (Phi) is 4.33. The number of hydrogen-bond acceptors (Lipinski definition) is 2. The fourth-order valence-electron chi connectivity index (χ4n) is 1.01. The van der Waals surface area contributed by atoms with Gasteiger partial charge in [0.25, 0.3) is 0 Å². The van der Waals surface area contributed by atoms with Gasteiger partial charge in [-0.15, -0.1) is 0 Å². The first-order valence-electron chi connectivity index (χ1n) is 4.71. The van der Waals surface area contributed by atoms with Gasteiger partial charge in [-0.05, 0) is 31.0 Å². The van der Waals surface area contributed by atoms with E-state index in [4.69, 9.17) is 10.5 Å². The zero-order chi connectivity index (χ0) is 9.52. The molecule has 2 nitrogen and oxygen atoms in total. The van der Waals surface area contributed by atoms with Crippen LogP contribution in [0.25, 0.3) is 0 Å². The minimum Gasteiger partial charge on any atom is -0.494 e. The highest BCUT2D eigenvalue weighted by Gasteiger charge is 1.98. The third kappa shape index (κ3) is 3.95. The smallest absolute Gasteiger partial charge is 0.119 e. The van der Waals surface area contributed by atoms with Crippen molar-refractivity contribution >= 4 is 0 Å². The Balaban J connectivity index is 2.20. The van der Waals surface area contributed by atoms with Crippen LogP contribution < -0.4 is 10.5 Å². The number of hydrogen-bond donors (Lipinski definition) is 1. The Hall–Kier alpha value is -1.02. The Bertz CT molecular complexity index is 223. The average Bonchev–Trinajstić information content (AvgIpc) is 2.19. The van der Waals surface area contributed by atoms with Crippen LogP contribution in [0.1, 0.15) is 13.3 Å². The van der Waals surface area contributed by atoms with Gasteiger partial charge >= 0.3 is 0 Å². The van der Waals surface area contributed by atoms with E-state index in [-0.39, 0.29) is 0 Å². The Morgan fingerprint density at radius 1 is 1.31 bits per heavy atom. The van der Waals surface area contributed by atoms with Crippen LogP contribution in [-0.4, -0.2) is 13.2 Å². The van der Waals surface area contributed by atoms with E-state index in [1.165, 1.54) is 0 Å². The van der Waals surface area contributed by atoms with E-state index in [1.54, 1.807) is 0 Å². The second-order valence-corrected chi connectivity index (χ2v) is 3.29. The molecule has 0 saturated heterocycles. The molecular formula is C11H17NO. The lowest BCUT2D eigenvalue weighted by molar-refractivity contribution is 0.286. The van der Waals surface area contributed by atoms with Crippen LogP contribution >= 0.6 is 0 Å². The molecule has 72 valence electrons. The maximum absolute atomic E-state index is 5.52. The van der Waals surface area contributed by atoms with Crippen LogP contribution in [0.3, 0.4) is 0 Å². The molecule has 0 spiro atoms. The molecule has 0 fully saturated rings. The number of para-hydroxylation sites is 1. The summed E-state index contributed by atoms with van der Waals surface area (Å²) in [5.74, 6) is 1.48. The van der Waals surface area contributed by atoms with Crippen molar-refractivity contribution in [3.05, 3.63) is 30.3 Å². The second kappa shape index (κ2) is 5.60. The van der Waals surface area contributed by atoms with Gasteiger partial charge in [0.15, 0.2) is 0 Å². The van der Waals surface area contributed by atoms with Gasteiger partial charge in [0.2, 0.25) is 0 Å². The van der Waals surface area contributed by atoms with Gasteiger partial charge < -0.3 is 10.5 Å². The predicted octanol–water partition coefficient (Wildman–Crippen LogP) is 2.05. The first-order valence-corrected chi connectivity index (χ1v) is 4.71. The highest BCUT2D eigenvalue weighted by molar-refractivity contribution is 5.20. The van der Waals surface area contributed by atoms with E-state index in [2.05, 4.69) is 6.92 Å². The van der Waals surface area contributed by atoms with Crippen LogP contribution in [0.4, 0.5) is 0 Å². The topological polar surface area (TPSA) is 35.2 Å². The first-order chi connectivity index (χ1) is 6.33. The van der Waals surface area contributed by atoms with Crippen LogP contribution in [0.5, 0.6) is 5.75 Å². The summed E-state index contributed by atoms with van der Waals surface area (Å²) >= 11 is 0. The van der Waals surface area contributed by atoms with Gasteiger partial charge in [0.05, 0.1) is 6.61 Å². The van der Waals surface area contributed by atoms with Gasteiger partial charge in [-0.2, -0.15) is 0 Å². The molecule has 0 saturated carbocycles. The third-order valence-corrected chi connectivity index (χ3v) is 2.02. The first kappa shape index (κ1) is 10.1. The third-order valence-electron chi connectivity index (χ3n) is 2.02. The monoisotopic (exact) mass is 179 g/mol. The summed E-state index contributed by atoms with van der Waals surface area (Å²) in [5.41, 5.74) is 5.50. The Labute approximate surface area is 79.7 Å². The van der Waals surface area contributed by atoms with Crippen LogP contribution in [0.15, 0.2) is 30.3 Å². The summed E-state index contributed by atoms with van der Waals surface area (Å²) in [6.45, 7) is 3.62. The zero-order valence-electron chi connectivity index (χ0n) is 8.07. The molecular weight excluding hydrogens is 162 g/mol. The highest BCUT2D eigenvalue weighted by atomic mass is 16.5. The Morgan fingerprint density at radius 2 is 2.00 bits per heavy atom. The molecule has 0 aliphatic rings. The molecule has 0 radical (unpaired) electrons. The zero-order valence-corrected chi connectivity index (χ0v) is 8.07. The molecule has 0 aliphatic carbocycles. The quantitative estimate of drug-likeness (QED) is 0.750. The van der Waals surface area contributed by atoms with Crippen molar-refractivity contribution in [2.75, 3.05) is 13.2 Å². The maximum Gasteiger partial charge on any atom is 0.119 e. The molecule has 0 heterocycles. The number of rotatable bonds is 5. The van der Waals surface area contributed by atoms with Gasteiger partial charge in [-0.3, -0.25) is 0 Å². The predicted molar refractivity (Wildman–Crippen MR) is 54.8 cm³/mol. The fourth-order valence-corrected chi connectivity index (χ4v) is 1.01. The molecule has 0 aromatic heterocycles. The summed E-state index contributed by atoms with van der Waals surface area (Å²) in [6.07, 6.45) is 1.02. The Morgan fingerprint density at radius 3 is 2.62 bits per heavy atom. The number of benzene rings is 1. The fraction of sp³-hybridized carbons (Fsp3) is 0.455. The molecule has 0 amide bonds. The second-order valence-electron chi connectivity index (χ2n) is 3.29. The summed E-state index contributed by atoms with van der Waals surface area (Å²) in [6, 6.07) is 9.86. The molecule has 2 N–H and O–H groups in total. The summed E-state index contributed by atoms with van der Waals surface area (Å²) < 4.78 is 5.52. The van der Waals surface area contributed by atoms with Crippen molar-refractivity contribution in [1.82, 2.24) is 0 Å². The molecule has 13 heavy (non-hydrogen) atoms. The van der Waals surface area contributed by atoms with Crippen molar-refractivity contribution in [3.63, 3.8) is 0 Å². The lowest BCUT2D eigenvalue weighted by atomic mass is 10.1. The van der Waals surface area contributed by atoms with Crippen molar-refractivity contribution in [2.45, 2.75) is 13.3 Å². The van der Waals surface area contributed by atoms with Gasteiger partial charge in [0, 0.05) is 0 Å². The van der Waals surface area contributed by atoms with Crippen LogP contribution in [-0.2, 0) is 0 Å². The maximum atomic E-state index is 5.52. The van der Waals surface area contributed by atoms with Gasteiger partial charge in [-0.1, -0.05) is 25.1 Å². The van der Waals surface area contributed by atoms with E-state index >= 15 is 0 Å². The van der Waals surface area contributed by atoms with E-state index in [1.807, 2.05) is 30.3 Å².